The second-order valence-corrected chi connectivity index (χ2v) is 22.5. The van der Waals surface area contributed by atoms with E-state index in [1.54, 1.807) is 6.08 Å². The highest BCUT2D eigenvalue weighted by atomic mass is 16.8. The number of aliphatic hydroxyl groups is 11. The van der Waals surface area contributed by atoms with Crippen molar-refractivity contribution < 1.29 is 89.4 Å². The van der Waals surface area contributed by atoms with Crippen molar-refractivity contribution in [3.05, 3.63) is 60.8 Å². The molecule has 0 aromatic carbocycles. The second-order valence-electron chi connectivity index (χ2n) is 22.5. The fourth-order valence-electron chi connectivity index (χ4n) is 10.4. The van der Waals surface area contributed by atoms with Crippen LogP contribution in [-0.4, -0.2) is 193 Å². The number of carbonyl (C=O) groups excluding carboxylic acids is 1. The zero-order valence-electron chi connectivity index (χ0n) is 49.7. The van der Waals surface area contributed by atoms with Crippen LogP contribution in [0.4, 0.5) is 0 Å². The Bertz CT molecular complexity index is 1730. The molecule has 3 fully saturated rings. The van der Waals surface area contributed by atoms with Gasteiger partial charge in [-0.2, -0.15) is 0 Å². The van der Waals surface area contributed by atoms with E-state index in [4.69, 9.17) is 28.4 Å². The summed E-state index contributed by atoms with van der Waals surface area (Å²) in [6.45, 7) is 1.57. The number of unbranched alkanes of at least 4 members (excludes halogenated alkanes) is 22. The van der Waals surface area contributed by atoms with Gasteiger partial charge in [0.05, 0.1) is 38.6 Å². The molecule has 82 heavy (non-hydrogen) atoms. The van der Waals surface area contributed by atoms with E-state index in [2.05, 4.69) is 67.8 Å². The fraction of sp³-hybridized carbons (Fsp3) is 0.825. The maximum absolute atomic E-state index is 13.3. The van der Waals surface area contributed by atoms with Crippen LogP contribution in [0, 0.1) is 0 Å². The maximum Gasteiger partial charge on any atom is 0.220 e. The van der Waals surface area contributed by atoms with Gasteiger partial charge in [-0.15, -0.1) is 0 Å². The largest absolute Gasteiger partial charge is 0.394 e. The number of carbonyl (C=O) groups is 1. The summed E-state index contributed by atoms with van der Waals surface area (Å²) in [5.74, 6) is -0.317. The van der Waals surface area contributed by atoms with Gasteiger partial charge in [-0.05, 0) is 57.8 Å². The molecule has 0 radical (unpaired) electrons. The quantitative estimate of drug-likeness (QED) is 0.0231. The third-order valence-electron chi connectivity index (χ3n) is 15.6. The van der Waals surface area contributed by atoms with Crippen molar-refractivity contribution >= 4 is 5.91 Å². The molecule has 17 unspecified atom stereocenters. The molecule has 0 saturated carbocycles. The first-order valence-corrected chi connectivity index (χ1v) is 31.5. The number of amides is 1. The monoisotopic (exact) mass is 1170 g/mol. The molecule has 19 nitrogen and oxygen atoms in total. The zero-order chi connectivity index (χ0) is 59.7. The molecule has 3 aliphatic heterocycles. The number of nitrogens with one attached hydrogen (secondary N) is 1. The molecule has 3 heterocycles. The topological polar surface area (TPSA) is 307 Å². The highest BCUT2D eigenvalue weighted by Gasteiger charge is 2.53. The molecular weight excluding hydrogens is 1060 g/mol. The van der Waals surface area contributed by atoms with Gasteiger partial charge < -0.3 is 89.9 Å². The molecule has 0 bridgehead atoms. The first-order chi connectivity index (χ1) is 39.8. The number of rotatable bonds is 46. The minimum absolute atomic E-state index is 0.189. The minimum atomic E-state index is -1.98. The summed E-state index contributed by atoms with van der Waals surface area (Å²) >= 11 is 0. The lowest BCUT2D eigenvalue weighted by atomic mass is 9.96. The van der Waals surface area contributed by atoms with E-state index in [9.17, 15) is 61.0 Å². The molecule has 17 atom stereocenters. The predicted molar refractivity (Wildman–Crippen MR) is 314 cm³/mol. The normalized spacial score (nSPS) is 30.0. The summed E-state index contributed by atoms with van der Waals surface area (Å²) in [7, 11) is 0. The molecule has 12 N–H and O–H groups in total. The summed E-state index contributed by atoms with van der Waals surface area (Å²) < 4.78 is 34.2. The van der Waals surface area contributed by atoms with Gasteiger partial charge in [-0.25, -0.2) is 0 Å². The van der Waals surface area contributed by atoms with Gasteiger partial charge in [-0.1, -0.05) is 197 Å². The highest BCUT2D eigenvalue weighted by Crippen LogP contribution is 2.33. The Balaban J connectivity index is 1.49. The van der Waals surface area contributed by atoms with Crippen LogP contribution in [0.25, 0.3) is 0 Å². The van der Waals surface area contributed by atoms with Gasteiger partial charge in [0, 0.05) is 6.42 Å². The fourth-order valence-corrected chi connectivity index (χ4v) is 10.4. The summed E-state index contributed by atoms with van der Waals surface area (Å²) in [4.78, 5) is 13.3. The van der Waals surface area contributed by atoms with Crippen molar-refractivity contribution in [3.63, 3.8) is 0 Å². The van der Waals surface area contributed by atoms with Crippen LogP contribution in [0.2, 0.25) is 0 Å². The minimum Gasteiger partial charge on any atom is -0.394 e. The van der Waals surface area contributed by atoms with E-state index >= 15 is 0 Å². The number of hydrogen-bond acceptors (Lipinski definition) is 18. The Kier molecular flexibility index (Phi) is 41.2. The summed E-state index contributed by atoms with van der Waals surface area (Å²) in [6, 6.07) is -0.997. The lowest BCUT2D eigenvalue weighted by molar-refractivity contribution is -0.379. The molecule has 476 valence electrons. The SMILES string of the molecule is CC/C=C\C/C=C\C/C=C\C/C=C\CCCCC(=O)NC(COC1OC(CO)C(OC2OC(CO)C(OC3OC(CO)C(O)C(O)C3O)C(O)C2O)C(O)C1O)C(O)/C=C/CCCCCCCCCCCCCCCCCCCCCC. The second kappa shape index (κ2) is 45.8. The Morgan fingerprint density at radius 2 is 0.841 bits per heavy atom. The van der Waals surface area contributed by atoms with Gasteiger partial charge in [0.1, 0.15) is 73.2 Å². The highest BCUT2D eigenvalue weighted by molar-refractivity contribution is 5.76. The van der Waals surface area contributed by atoms with Crippen LogP contribution in [0.3, 0.4) is 0 Å². The molecular formula is C63H111NO18. The van der Waals surface area contributed by atoms with Crippen LogP contribution in [-0.2, 0) is 33.2 Å². The Morgan fingerprint density at radius 1 is 0.451 bits per heavy atom. The molecule has 3 saturated heterocycles. The summed E-state index contributed by atoms with van der Waals surface area (Å²) in [5.41, 5.74) is 0. The molecule has 3 rings (SSSR count). The number of aliphatic hydroxyl groups excluding tert-OH is 11. The standard InChI is InChI=1S/C63H111NO18/c1-3-5-7-9-11-13-15-17-19-20-21-22-23-24-25-27-28-30-32-34-36-38-40-47(68)46(64-51(69)41-39-37-35-33-31-29-26-18-16-14-12-10-8-6-4-2)45-77-61-57(75)54(72)59(49(43-66)79-61)82-63-58(76)55(73)60(50(44-67)80-63)81-62-56(74)53(71)52(70)48(42-65)78-62/h6,8,12,14,18,26,31,33,38,40,46-50,52-63,65-68,70-76H,3-5,7,9-11,13,15-17,19-25,27-30,32,34-37,39,41-45H2,1-2H3,(H,64,69)/b8-6-,14-12-,26-18-,33-31-,40-38+. The van der Waals surface area contributed by atoms with Crippen molar-refractivity contribution in [1.29, 1.82) is 0 Å². The third kappa shape index (κ3) is 28.8. The van der Waals surface area contributed by atoms with E-state index < -0.39 is 124 Å². The zero-order valence-corrected chi connectivity index (χ0v) is 49.7. The van der Waals surface area contributed by atoms with Gasteiger partial charge in [0.15, 0.2) is 18.9 Å². The smallest absolute Gasteiger partial charge is 0.220 e. The average molecular weight is 1170 g/mol. The maximum atomic E-state index is 13.3. The summed E-state index contributed by atoms with van der Waals surface area (Å²) in [5, 5.41) is 120. The molecule has 0 aliphatic carbocycles. The van der Waals surface area contributed by atoms with E-state index in [0.29, 0.717) is 6.42 Å². The van der Waals surface area contributed by atoms with E-state index in [-0.39, 0.29) is 18.9 Å². The number of allylic oxidation sites excluding steroid dienone is 9. The Morgan fingerprint density at radius 3 is 1.32 bits per heavy atom. The van der Waals surface area contributed by atoms with Gasteiger partial charge in [0.2, 0.25) is 5.91 Å². The van der Waals surface area contributed by atoms with Crippen molar-refractivity contribution in [2.75, 3.05) is 26.4 Å². The molecule has 1 amide bonds. The molecule has 19 heteroatoms. The molecule has 3 aliphatic rings. The van der Waals surface area contributed by atoms with Crippen LogP contribution in [0.15, 0.2) is 60.8 Å². The van der Waals surface area contributed by atoms with Crippen molar-refractivity contribution in [1.82, 2.24) is 5.32 Å². The van der Waals surface area contributed by atoms with Crippen LogP contribution in [0.1, 0.15) is 200 Å². The first kappa shape index (κ1) is 73.7. The van der Waals surface area contributed by atoms with Crippen molar-refractivity contribution in [2.45, 2.75) is 304 Å². The molecule has 0 aromatic rings. The van der Waals surface area contributed by atoms with Crippen LogP contribution in [0.5, 0.6) is 0 Å². The first-order valence-electron chi connectivity index (χ1n) is 31.5. The van der Waals surface area contributed by atoms with Crippen molar-refractivity contribution in [2.24, 2.45) is 0 Å². The lowest BCUT2D eigenvalue weighted by Gasteiger charge is -2.48. The van der Waals surface area contributed by atoms with Crippen LogP contribution >= 0.6 is 0 Å². The van der Waals surface area contributed by atoms with Crippen LogP contribution < -0.4 is 5.32 Å². The Hall–Kier alpha value is -2.51. The van der Waals surface area contributed by atoms with Gasteiger partial charge in [-0.3, -0.25) is 4.79 Å². The number of hydrogen-bond donors (Lipinski definition) is 12. The third-order valence-corrected chi connectivity index (χ3v) is 15.6. The lowest BCUT2D eigenvalue weighted by Crippen LogP contribution is -2.66. The van der Waals surface area contributed by atoms with Crippen molar-refractivity contribution in [3.8, 4) is 0 Å². The number of ether oxygens (including phenoxy) is 6. The molecule has 0 aromatic heterocycles. The van der Waals surface area contributed by atoms with E-state index in [1.165, 1.54) is 109 Å². The van der Waals surface area contributed by atoms with Gasteiger partial charge in [0.25, 0.3) is 0 Å². The van der Waals surface area contributed by atoms with Gasteiger partial charge >= 0.3 is 0 Å². The Labute approximate surface area is 490 Å². The van der Waals surface area contributed by atoms with E-state index in [0.717, 1.165) is 64.2 Å². The predicted octanol–water partition coefficient (Wildman–Crippen LogP) is 6.43. The summed E-state index contributed by atoms with van der Waals surface area (Å²) in [6.07, 6.45) is 26.4. The average Bonchev–Trinajstić information content (AvgIpc) is 3.40. The molecule has 0 spiro atoms. The van der Waals surface area contributed by atoms with E-state index in [1.807, 2.05) is 6.08 Å².